The summed E-state index contributed by atoms with van der Waals surface area (Å²) in [5, 5.41) is 2.51. The number of primary amides is 1. The molecule has 1 rings (SSSR count). The Morgan fingerprint density at radius 1 is 1.40 bits per heavy atom. The minimum atomic E-state index is -0.613. The number of carbonyl (C=O) groups is 2. The lowest BCUT2D eigenvalue weighted by Gasteiger charge is -2.11. The highest BCUT2D eigenvalue weighted by atomic mass is 16.5. The molecule has 5 nitrogen and oxygen atoms in total. The molecule has 80 valence electrons. The van der Waals surface area contributed by atoms with E-state index in [0.29, 0.717) is 11.4 Å². The predicted molar refractivity (Wildman–Crippen MR) is 55.8 cm³/mol. The Morgan fingerprint density at radius 2 is 2.07 bits per heavy atom. The van der Waals surface area contributed by atoms with Crippen molar-refractivity contribution in [2.24, 2.45) is 5.73 Å². The molecule has 1 aromatic carbocycles. The lowest BCUT2D eigenvalue weighted by atomic mass is 10.1. The van der Waals surface area contributed by atoms with Crippen LogP contribution in [0.25, 0.3) is 0 Å². The third-order valence-corrected chi connectivity index (χ3v) is 1.81. The van der Waals surface area contributed by atoms with Crippen molar-refractivity contribution in [1.82, 2.24) is 0 Å². The van der Waals surface area contributed by atoms with E-state index in [1.54, 1.807) is 12.1 Å². The smallest absolute Gasteiger partial charge is 0.250 e. The number of para-hydroxylation sites is 1. The maximum Gasteiger partial charge on any atom is 0.250 e. The first-order chi connectivity index (χ1) is 7.06. The van der Waals surface area contributed by atoms with Crippen molar-refractivity contribution in [1.29, 1.82) is 0 Å². The van der Waals surface area contributed by atoms with Gasteiger partial charge in [0, 0.05) is 6.92 Å². The van der Waals surface area contributed by atoms with E-state index < -0.39 is 5.91 Å². The van der Waals surface area contributed by atoms with Crippen molar-refractivity contribution >= 4 is 17.5 Å². The Labute approximate surface area is 87.2 Å². The van der Waals surface area contributed by atoms with E-state index in [4.69, 9.17) is 10.5 Å². The first-order valence-electron chi connectivity index (χ1n) is 4.30. The van der Waals surface area contributed by atoms with Crippen molar-refractivity contribution in [2.75, 3.05) is 12.4 Å². The SMILES string of the molecule is COc1cccc(C(N)=O)c1NC(C)=O. The lowest BCUT2D eigenvalue weighted by Crippen LogP contribution is -2.17. The minimum Gasteiger partial charge on any atom is -0.495 e. The maximum atomic E-state index is 11.1. The molecule has 0 atom stereocenters. The molecule has 0 aliphatic heterocycles. The molecule has 0 aromatic heterocycles. The summed E-state index contributed by atoms with van der Waals surface area (Å²) in [4.78, 5) is 22.0. The second kappa shape index (κ2) is 4.45. The van der Waals surface area contributed by atoms with Gasteiger partial charge in [-0.15, -0.1) is 0 Å². The number of nitrogens with one attached hydrogen (secondary N) is 1. The van der Waals surface area contributed by atoms with Gasteiger partial charge in [0.2, 0.25) is 5.91 Å². The molecule has 15 heavy (non-hydrogen) atoms. The number of nitrogens with two attached hydrogens (primary N) is 1. The first kappa shape index (κ1) is 11.0. The van der Waals surface area contributed by atoms with Crippen molar-refractivity contribution in [3.05, 3.63) is 23.8 Å². The van der Waals surface area contributed by atoms with E-state index in [0.717, 1.165) is 0 Å². The second-order valence-electron chi connectivity index (χ2n) is 2.93. The average Bonchev–Trinajstić information content (AvgIpc) is 2.16. The zero-order valence-corrected chi connectivity index (χ0v) is 8.53. The summed E-state index contributed by atoms with van der Waals surface area (Å²) in [6.07, 6.45) is 0. The second-order valence-corrected chi connectivity index (χ2v) is 2.93. The molecule has 0 heterocycles. The van der Waals surface area contributed by atoms with Crippen molar-refractivity contribution < 1.29 is 14.3 Å². The molecule has 0 aliphatic rings. The summed E-state index contributed by atoms with van der Waals surface area (Å²) in [6, 6.07) is 4.79. The van der Waals surface area contributed by atoms with Gasteiger partial charge >= 0.3 is 0 Å². The summed E-state index contributed by atoms with van der Waals surface area (Å²) in [5.41, 5.74) is 5.70. The van der Waals surface area contributed by atoms with Gasteiger partial charge in [0.05, 0.1) is 18.4 Å². The van der Waals surface area contributed by atoms with Crippen LogP contribution in [-0.4, -0.2) is 18.9 Å². The lowest BCUT2D eigenvalue weighted by molar-refractivity contribution is -0.114. The number of amides is 2. The largest absolute Gasteiger partial charge is 0.495 e. The van der Waals surface area contributed by atoms with Crippen LogP contribution in [0.1, 0.15) is 17.3 Å². The van der Waals surface area contributed by atoms with Crippen LogP contribution in [-0.2, 0) is 4.79 Å². The number of hydrogen-bond acceptors (Lipinski definition) is 3. The topological polar surface area (TPSA) is 81.4 Å². The average molecular weight is 208 g/mol. The summed E-state index contributed by atoms with van der Waals surface area (Å²) in [6.45, 7) is 1.34. The normalized spacial score (nSPS) is 9.47. The molecule has 0 saturated carbocycles. The van der Waals surface area contributed by atoms with Gasteiger partial charge in [-0.25, -0.2) is 0 Å². The Hall–Kier alpha value is -2.04. The highest BCUT2D eigenvalue weighted by molar-refractivity contribution is 6.04. The first-order valence-corrected chi connectivity index (χ1v) is 4.30. The molecule has 0 aliphatic carbocycles. The van der Waals surface area contributed by atoms with E-state index in [1.165, 1.54) is 20.1 Å². The fraction of sp³-hybridized carbons (Fsp3) is 0.200. The van der Waals surface area contributed by atoms with Crippen LogP contribution in [0.2, 0.25) is 0 Å². The van der Waals surface area contributed by atoms with Crippen molar-refractivity contribution in [3.8, 4) is 5.75 Å². The fourth-order valence-electron chi connectivity index (χ4n) is 1.21. The van der Waals surface area contributed by atoms with Crippen LogP contribution < -0.4 is 15.8 Å². The number of ether oxygens (including phenoxy) is 1. The Balaban J connectivity index is 3.26. The number of anilines is 1. The molecule has 0 bridgehead atoms. The number of carbonyl (C=O) groups excluding carboxylic acids is 2. The number of benzene rings is 1. The van der Waals surface area contributed by atoms with Crippen LogP contribution in [0, 0.1) is 0 Å². The summed E-state index contributed by atoms with van der Waals surface area (Å²) < 4.78 is 5.01. The van der Waals surface area contributed by atoms with Gasteiger partial charge in [-0.2, -0.15) is 0 Å². The molecule has 1 aromatic rings. The van der Waals surface area contributed by atoms with E-state index in [-0.39, 0.29) is 11.5 Å². The highest BCUT2D eigenvalue weighted by Gasteiger charge is 2.13. The Bertz CT molecular complexity index is 402. The third kappa shape index (κ3) is 2.46. The summed E-state index contributed by atoms with van der Waals surface area (Å²) in [7, 11) is 1.45. The highest BCUT2D eigenvalue weighted by Crippen LogP contribution is 2.27. The van der Waals surface area contributed by atoms with Gasteiger partial charge < -0.3 is 15.8 Å². The maximum absolute atomic E-state index is 11.1. The van der Waals surface area contributed by atoms with E-state index in [2.05, 4.69) is 5.32 Å². The molecular formula is C10H12N2O3. The van der Waals surface area contributed by atoms with Crippen molar-refractivity contribution in [2.45, 2.75) is 6.92 Å². The van der Waals surface area contributed by atoms with Crippen molar-refractivity contribution in [3.63, 3.8) is 0 Å². The quantitative estimate of drug-likeness (QED) is 0.769. The van der Waals surface area contributed by atoms with Gasteiger partial charge in [-0.05, 0) is 12.1 Å². The van der Waals surface area contributed by atoms with E-state index in [9.17, 15) is 9.59 Å². The zero-order chi connectivity index (χ0) is 11.4. The number of rotatable bonds is 3. The van der Waals surface area contributed by atoms with E-state index in [1.807, 2.05) is 0 Å². The van der Waals surface area contributed by atoms with E-state index >= 15 is 0 Å². The monoisotopic (exact) mass is 208 g/mol. The van der Waals surface area contributed by atoms with Crippen LogP contribution in [0.4, 0.5) is 5.69 Å². The molecule has 0 radical (unpaired) electrons. The van der Waals surface area contributed by atoms with Crippen LogP contribution >= 0.6 is 0 Å². The van der Waals surface area contributed by atoms with Gasteiger partial charge in [0.15, 0.2) is 0 Å². The number of hydrogen-bond donors (Lipinski definition) is 2. The number of methoxy groups -OCH3 is 1. The molecule has 5 heteroatoms. The third-order valence-electron chi connectivity index (χ3n) is 1.81. The molecule has 3 N–H and O–H groups in total. The van der Waals surface area contributed by atoms with Gasteiger partial charge in [0.1, 0.15) is 5.75 Å². The zero-order valence-electron chi connectivity index (χ0n) is 8.53. The molecule has 0 spiro atoms. The molecule has 2 amide bonds. The molecule has 0 fully saturated rings. The van der Waals surface area contributed by atoms with Crippen LogP contribution in [0.15, 0.2) is 18.2 Å². The molecule has 0 unspecified atom stereocenters. The Morgan fingerprint density at radius 3 is 2.53 bits per heavy atom. The standard InChI is InChI=1S/C10H12N2O3/c1-6(13)12-9-7(10(11)14)4-3-5-8(9)15-2/h3-5H,1-2H3,(H2,11,14)(H,12,13). The van der Waals surface area contributed by atoms with Gasteiger partial charge in [0.25, 0.3) is 5.91 Å². The molecular weight excluding hydrogens is 196 g/mol. The Kier molecular flexibility index (Phi) is 3.28. The minimum absolute atomic E-state index is 0.226. The summed E-state index contributed by atoms with van der Waals surface area (Å²) in [5.74, 6) is -0.499. The predicted octanol–water partition coefficient (Wildman–Crippen LogP) is 0.752. The summed E-state index contributed by atoms with van der Waals surface area (Å²) >= 11 is 0. The fourth-order valence-corrected chi connectivity index (χ4v) is 1.21. The van der Waals surface area contributed by atoms with Gasteiger partial charge in [-0.1, -0.05) is 6.07 Å². The molecule has 0 saturated heterocycles. The van der Waals surface area contributed by atoms with Gasteiger partial charge in [-0.3, -0.25) is 9.59 Å². The van der Waals surface area contributed by atoms with Crippen LogP contribution in [0.3, 0.4) is 0 Å². The van der Waals surface area contributed by atoms with Crippen LogP contribution in [0.5, 0.6) is 5.75 Å².